The monoisotopic (exact) mass is 290 g/mol. The second-order valence-electron chi connectivity index (χ2n) is 3.93. The molecule has 0 radical (unpaired) electrons. The third kappa shape index (κ3) is 3.55. The van der Waals surface area contributed by atoms with Crippen molar-refractivity contribution in [3.8, 4) is 0 Å². The van der Waals surface area contributed by atoms with Crippen LogP contribution in [-0.4, -0.2) is 17.0 Å². The van der Waals surface area contributed by atoms with E-state index in [1.165, 1.54) is 12.3 Å². The summed E-state index contributed by atoms with van der Waals surface area (Å²) in [5.74, 6) is -0.593. The van der Waals surface area contributed by atoms with Crippen LogP contribution in [0.3, 0.4) is 0 Å². The van der Waals surface area contributed by atoms with Crippen molar-refractivity contribution in [1.82, 2.24) is 5.16 Å². The van der Waals surface area contributed by atoms with Gasteiger partial charge < -0.3 is 9.26 Å². The largest absolute Gasteiger partial charge is 0.404 e. The molecule has 5 nitrogen and oxygen atoms in total. The van der Waals surface area contributed by atoms with Crippen LogP contribution in [0.15, 0.2) is 41.1 Å². The zero-order valence-electron chi connectivity index (χ0n) is 10.6. The Kier molecular flexibility index (Phi) is 4.32. The average molecular weight is 291 g/mol. The van der Waals surface area contributed by atoms with E-state index in [4.69, 9.17) is 26.3 Å². The Labute approximate surface area is 120 Å². The minimum absolute atomic E-state index is 0.203. The molecule has 0 aliphatic heterocycles. The van der Waals surface area contributed by atoms with E-state index in [0.717, 1.165) is 5.56 Å². The maximum Gasteiger partial charge on any atom is 0.350 e. The van der Waals surface area contributed by atoms with Crippen molar-refractivity contribution in [3.05, 3.63) is 58.4 Å². The quantitative estimate of drug-likeness (QED) is 0.533. The first kappa shape index (κ1) is 14.0. The summed E-state index contributed by atoms with van der Waals surface area (Å²) in [6.45, 7) is 1.59. The lowest BCUT2D eigenvalue weighted by Crippen LogP contribution is -2.09. The Balaban J connectivity index is 1.97. The van der Waals surface area contributed by atoms with Crippen molar-refractivity contribution >= 4 is 29.5 Å². The van der Waals surface area contributed by atoms with Crippen LogP contribution >= 0.6 is 11.6 Å². The molecule has 1 heterocycles. The maximum atomic E-state index is 11.7. The Bertz CT molecular complexity index is 659. The fourth-order valence-electron chi connectivity index (χ4n) is 1.43. The van der Waals surface area contributed by atoms with Gasteiger partial charge in [-0.15, -0.1) is 0 Å². The van der Waals surface area contributed by atoms with Gasteiger partial charge >= 0.3 is 5.97 Å². The number of hydrogen-bond donors (Lipinski definition) is 1. The molecule has 2 aromatic rings. The topological polar surface area (TPSA) is 76.2 Å². The lowest BCUT2D eigenvalue weighted by Gasteiger charge is -2.00. The summed E-state index contributed by atoms with van der Waals surface area (Å²) in [7, 11) is 0. The molecule has 0 bridgehead atoms. The predicted molar refractivity (Wildman–Crippen MR) is 74.9 cm³/mol. The summed E-state index contributed by atoms with van der Waals surface area (Å²) in [4.78, 5) is 11.7. The molecule has 0 fully saturated rings. The van der Waals surface area contributed by atoms with E-state index < -0.39 is 5.97 Å². The third-order valence-corrected chi connectivity index (χ3v) is 2.72. The minimum Gasteiger partial charge on any atom is -0.404 e. The molecule has 0 saturated carbocycles. The van der Waals surface area contributed by atoms with Crippen LogP contribution in [0, 0.1) is 12.3 Å². The molecule has 1 N–H and O–H groups in total. The van der Waals surface area contributed by atoms with Crippen LogP contribution in [0.25, 0.3) is 6.08 Å². The number of nitrogens with one attached hydrogen (secondary N) is 1. The molecule has 1 aromatic carbocycles. The van der Waals surface area contributed by atoms with Crippen molar-refractivity contribution in [2.75, 3.05) is 0 Å². The lowest BCUT2D eigenvalue weighted by molar-refractivity contribution is 0.0716. The fourth-order valence-corrected chi connectivity index (χ4v) is 1.56. The molecular formula is C14H11ClN2O3. The first-order valence-corrected chi connectivity index (χ1v) is 6.09. The molecule has 0 amide bonds. The van der Waals surface area contributed by atoms with Gasteiger partial charge in [0.25, 0.3) is 0 Å². The number of esters is 1. The Morgan fingerprint density at radius 3 is 2.70 bits per heavy atom. The molecule has 0 aliphatic carbocycles. The molecule has 20 heavy (non-hydrogen) atoms. The molecule has 1 aromatic heterocycles. The predicted octanol–water partition coefficient (Wildman–Crippen LogP) is 3.48. The van der Waals surface area contributed by atoms with E-state index >= 15 is 0 Å². The molecular weight excluding hydrogens is 280 g/mol. The zero-order valence-corrected chi connectivity index (χ0v) is 11.3. The molecule has 0 aliphatic rings. The van der Waals surface area contributed by atoms with E-state index in [-0.39, 0.29) is 11.5 Å². The highest BCUT2D eigenvalue weighted by atomic mass is 35.5. The minimum atomic E-state index is -0.672. The highest BCUT2D eigenvalue weighted by Gasteiger charge is 2.15. The van der Waals surface area contributed by atoms with Crippen LogP contribution in [0.2, 0.25) is 5.02 Å². The number of ether oxygens (including phenoxy) is 1. The van der Waals surface area contributed by atoms with Crippen LogP contribution in [0.1, 0.15) is 21.7 Å². The van der Waals surface area contributed by atoms with Gasteiger partial charge in [0, 0.05) is 11.1 Å². The van der Waals surface area contributed by atoms with Crippen molar-refractivity contribution in [1.29, 1.82) is 5.41 Å². The highest BCUT2D eigenvalue weighted by Crippen LogP contribution is 2.11. The standard InChI is InChI=1S/C14H11ClN2O3/c1-9-12(8-17-20-9)14(18)19-13(16)7-4-10-2-5-11(15)6-3-10/h2-8,16H,1H3/b7-4+,16-13?. The van der Waals surface area contributed by atoms with Gasteiger partial charge in [-0.3, -0.25) is 5.41 Å². The SMILES string of the molecule is Cc1oncc1C(=O)OC(=N)/C=C/c1ccc(Cl)cc1. The van der Waals surface area contributed by atoms with Crippen LogP contribution < -0.4 is 0 Å². The summed E-state index contributed by atoms with van der Waals surface area (Å²) in [5, 5.41) is 11.7. The fraction of sp³-hybridized carbons (Fsp3) is 0.0714. The van der Waals surface area contributed by atoms with Gasteiger partial charge in [0.2, 0.25) is 5.90 Å². The van der Waals surface area contributed by atoms with Gasteiger partial charge in [0.15, 0.2) is 0 Å². The Morgan fingerprint density at radius 1 is 1.40 bits per heavy atom. The van der Waals surface area contributed by atoms with Gasteiger partial charge in [-0.2, -0.15) is 0 Å². The molecule has 0 saturated heterocycles. The van der Waals surface area contributed by atoms with Gasteiger partial charge in [0.05, 0.1) is 6.20 Å². The summed E-state index contributed by atoms with van der Waals surface area (Å²) in [6, 6.07) is 7.05. The molecule has 0 spiro atoms. The van der Waals surface area contributed by atoms with E-state index in [2.05, 4.69) is 5.16 Å². The van der Waals surface area contributed by atoms with Crippen molar-refractivity contribution in [2.24, 2.45) is 0 Å². The normalized spacial score (nSPS) is 10.7. The number of aryl methyl sites for hydroxylation is 1. The Morgan fingerprint density at radius 2 is 2.10 bits per heavy atom. The lowest BCUT2D eigenvalue weighted by atomic mass is 10.2. The smallest absolute Gasteiger partial charge is 0.350 e. The first-order valence-electron chi connectivity index (χ1n) is 5.72. The van der Waals surface area contributed by atoms with E-state index in [1.807, 2.05) is 0 Å². The molecule has 102 valence electrons. The maximum absolute atomic E-state index is 11.7. The van der Waals surface area contributed by atoms with Crippen LogP contribution in [0.4, 0.5) is 0 Å². The van der Waals surface area contributed by atoms with Gasteiger partial charge in [0.1, 0.15) is 11.3 Å². The van der Waals surface area contributed by atoms with Crippen LogP contribution in [0.5, 0.6) is 0 Å². The number of rotatable bonds is 3. The Hall–Kier alpha value is -2.40. The number of carbonyl (C=O) groups excluding carboxylic acids is 1. The van der Waals surface area contributed by atoms with Crippen molar-refractivity contribution < 1.29 is 14.1 Å². The molecule has 0 unspecified atom stereocenters. The number of halogens is 1. The first-order chi connectivity index (χ1) is 9.56. The van der Waals surface area contributed by atoms with E-state index in [0.29, 0.717) is 10.8 Å². The summed E-state index contributed by atoms with van der Waals surface area (Å²) >= 11 is 5.76. The number of benzene rings is 1. The summed E-state index contributed by atoms with van der Waals surface area (Å²) in [6.07, 6.45) is 4.28. The number of aromatic nitrogens is 1. The molecule has 6 heteroatoms. The van der Waals surface area contributed by atoms with Gasteiger partial charge in [-0.25, -0.2) is 4.79 Å². The highest BCUT2D eigenvalue weighted by molar-refractivity contribution is 6.30. The molecule has 2 rings (SSSR count). The third-order valence-electron chi connectivity index (χ3n) is 2.47. The second kappa shape index (κ2) is 6.16. The van der Waals surface area contributed by atoms with Crippen molar-refractivity contribution in [3.63, 3.8) is 0 Å². The number of hydrogen-bond acceptors (Lipinski definition) is 5. The van der Waals surface area contributed by atoms with Gasteiger partial charge in [-0.1, -0.05) is 28.9 Å². The number of nitrogens with zero attached hydrogens (tertiary/aromatic N) is 1. The number of carbonyl (C=O) groups is 1. The van der Waals surface area contributed by atoms with E-state index in [1.54, 1.807) is 37.3 Å². The van der Waals surface area contributed by atoms with Crippen LogP contribution in [-0.2, 0) is 4.74 Å². The molecule has 0 atom stereocenters. The zero-order chi connectivity index (χ0) is 14.5. The van der Waals surface area contributed by atoms with Gasteiger partial charge in [-0.05, 0) is 30.7 Å². The van der Waals surface area contributed by atoms with Crippen molar-refractivity contribution in [2.45, 2.75) is 6.92 Å². The summed E-state index contributed by atoms with van der Waals surface area (Å²) < 4.78 is 9.61. The summed E-state index contributed by atoms with van der Waals surface area (Å²) in [5.41, 5.74) is 1.05. The average Bonchev–Trinajstić information content (AvgIpc) is 2.84. The second-order valence-corrected chi connectivity index (χ2v) is 4.37. The van der Waals surface area contributed by atoms with E-state index in [9.17, 15) is 4.79 Å².